The Morgan fingerprint density at radius 2 is 1.94 bits per heavy atom. The van der Waals surface area contributed by atoms with E-state index in [4.69, 9.17) is 4.74 Å². The number of hydrogen-bond donors (Lipinski definition) is 1. The highest BCUT2D eigenvalue weighted by atomic mass is 16.5. The number of imidazole rings is 1. The van der Waals surface area contributed by atoms with Gasteiger partial charge in [0.1, 0.15) is 17.7 Å². The molecular weight excluding hydrogens is 388 g/mol. The van der Waals surface area contributed by atoms with E-state index in [0.29, 0.717) is 19.5 Å². The molecule has 1 N–H and O–H groups in total. The minimum atomic E-state index is -0.0331. The Labute approximate surface area is 183 Å². The molecule has 1 unspecified atom stereocenters. The maximum absolute atomic E-state index is 12.3. The summed E-state index contributed by atoms with van der Waals surface area (Å²) in [5.41, 5.74) is 2.35. The monoisotopic (exact) mass is 418 g/mol. The lowest BCUT2D eigenvalue weighted by Crippen LogP contribution is -2.36. The standard InChI is InChI=1S/C25H30N4O2/c1-2-24-26-14-17-29(24)15-12-25(30)27-13-16-28-18-21-10-6-7-11-22(21)31-23(19-28)20-8-4-3-5-9-20/h3-11,14,17,23H,2,12-13,15-16,18-19H2,1H3,(H,27,30). The van der Waals surface area contributed by atoms with E-state index in [-0.39, 0.29) is 12.0 Å². The Bertz CT molecular complexity index is 986. The van der Waals surface area contributed by atoms with E-state index in [1.807, 2.05) is 47.2 Å². The molecule has 1 atom stereocenters. The Hall–Kier alpha value is -3.12. The lowest BCUT2D eigenvalue weighted by Gasteiger charge is -2.24. The minimum Gasteiger partial charge on any atom is -0.484 e. The zero-order valence-corrected chi connectivity index (χ0v) is 18.0. The first-order valence-electron chi connectivity index (χ1n) is 11.0. The van der Waals surface area contributed by atoms with Gasteiger partial charge < -0.3 is 14.6 Å². The molecule has 6 heteroatoms. The number of aryl methyl sites for hydroxylation is 2. The number of ether oxygens (including phenoxy) is 1. The molecule has 0 spiro atoms. The van der Waals surface area contributed by atoms with E-state index in [1.165, 1.54) is 11.1 Å². The molecule has 0 fully saturated rings. The van der Waals surface area contributed by atoms with Crippen LogP contribution in [0.1, 0.15) is 36.4 Å². The van der Waals surface area contributed by atoms with Crippen molar-refractivity contribution in [1.82, 2.24) is 19.8 Å². The number of carbonyl (C=O) groups is 1. The van der Waals surface area contributed by atoms with Crippen LogP contribution in [0.4, 0.5) is 0 Å². The molecule has 2 aromatic carbocycles. The highest BCUT2D eigenvalue weighted by Gasteiger charge is 2.23. The molecule has 4 rings (SSSR count). The van der Waals surface area contributed by atoms with Crippen molar-refractivity contribution in [2.45, 2.75) is 39.0 Å². The van der Waals surface area contributed by atoms with Crippen LogP contribution in [0.5, 0.6) is 5.75 Å². The maximum Gasteiger partial charge on any atom is 0.221 e. The van der Waals surface area contributed by atoms with Crippen molar-refractivity contribution < 1.29 is 9.53 Å². The third kappa shape index (κ3) is 5.52. The molecule has 1 aromatic heterocycles. The van der Waals surface area contributed by atoms with Gasteiger partial charge in [0.15, 0.2) is 0 Å². The molecule has 0 aliphatic carbocycles. The number of para-hydroxylation sites is 1. The van der Waals surface area contributed by atoms with Crippen LogP contribution in [0, 0.1) is 0 Å². The number of nitrogens with one attached hydrogen (secondary N) is 1. The predicted octanol–water partition coefficient (Wildman–Crippen LogP) is 3.59. The van der Waals surface area contributed by atoms with Gasteiger partial charge in [-0.25, -0.2) is 4.98 Å². The molecule has 6 nitrogen and oxygen atoms in total. The second kappa shape index (κ2) is 10.3. The lowest BCUT2D eigenvalue weighted by molar-refractivity contribution is -0.121. The van der Waals surface area contributed by atoms with Crippen molar-refractivity contribution in [3.05, 3.63) is 83.9 Å². The van der Waals surface area contributed by atoms with Gasteiger partial charge in [-0.15, -0.1) is 0 Å². The van der Waals surface area contributed by atoms with Crippen LogP contribution in [-0.2, 0) is 24.3 Å². The van der Waals surface area contributed by atoms with Crippen molar-refractivity contribution in [2.75, 3.05) is 19.6 Å². The molecule has 1 aliphatic rings. The maximum atomic E-state index is 12.3. The minimum absolute atomic E-state index is 0.0331. The fraction of sp³-hybridized carbons (Fsp3) is 0.360. The van der Waals surface area contributed by atoms with Gasteiger partial charge in [0.25, 0.3) is 0 Å². The molecule has 3 aromatic rings. The summed E-state index contributed by atoms with van der Waals surface area (Å²) in [6, 6.07) is 18.6. The predicted molar refractivity (Wildman–Crippen MR) is 121 cm³/mol. The first-order valence-corrected chi connectivity index (χ1v) is 11.0. The van der Waals surface area contributed by atoms with Gasteiger partial charge in [0.2, 0.25) is 5.91 Å². The van der Waals surface area contributed by atoms with Gasteiger partial charge in [-0.3, -0.25) is 9.69 Å². The van der Waals surface area contributed by atoms with Crippen molar-refractivity contribution in [3.63, 3.8) is 0 Å². The Kier molecular flexibility index (Phi) is 6.99. The molecule has 1 aliphatic heterocycles. The van der Waals surface area contributed by atoms with Crippen molar-refractivity contribution in [1.29, 1.82) is 0 Å². The first-order chi connectivity index (χ1) is 15.2. The van der Waals surface area contributed by atoms with Crippen LogP contribution in [0.15, 0.2) is 67.0 Å². The fourth-order valence-corrected chi connectivity index (χ4v) is 4.01. The third-order valence-electron chi connectivity index (χ3n) is 5.68. The summed E-state index contributed by atoms with van der Waals surface area (Å²) in [7, 11) is 0. The third-order valence-corrected chi connectivity index (χ3v) is 5.68. The van der Waals surface area contributed by atoms with Crippen LogP contribution in [0.3, 0.4) is 0 Å². The first kappa shape index (κ1) is 21.1. The topological polar surface area (TPSA) is 59.4 Å². The molecule has 0 bridgehead atoms. The number of hydrogen-bond acceptors (Lipinski definition) is 4. The van der Waals surface area contributed by atoms with E-state index < -0.39 is 0 Å². The molecule has 162 valence electrons. The average molecular weight is 419 g/mol. The van der Waals surface area contributed by atoms with E-state index in [9.17, 15) is 4.79 Å². The quantitative estimate of drug-likeness (QED) is 0.607. The highest BCUT2D eigenvalue weighted by Crippen LogP contribution is 2.30. The van der Waals surface area contributed by atoms with Gasteiger partial charge in [0, 0.05) is 63.5 Å². The van der Waals surface area contributed by atoms with E-state index in [2.05, 4.69) is 40.3 Å². The zero-order chi connectivity index (χ0) is 21.5. The Balaban J connectivity index is 1.33. The Morgan fingerprint density at radius 3 is 2.77 bits per heavy atom. The fourth-order valence-electron chi connectivity index (χ4n) is 4.01. The summed E-state index contributed by atoms with van der Waals surface area (Å²) >= 11 is 0. The second-order valence-corrected chi connectivity index (χ2v) is 7.85. The van der Waals surface area contributed by atoms with Gasteiger partial charge >= 0.3 is 0 Å². The number of amides is 1. The second-order valence-electron chi connectivity index (χ2n) is 7.85. The number of fused-ring (bicyclic) bond motifs is 1. The summed E-state index contributed by atoms with van der Waals surface area (Å²) in [5.74, 6) is 2.03. The highest BCUT2D eigenvalue weighted by molar-refractivity contribution is 5.75. The molecule has 2 heterocycles. The number of aromatic nitrogens is 2. The SMILES string of the molecule is CCc1nccn1CCC(=O)NCCN1Cc2ccccc2OC(c2ccccc2)C1. The summed E-state index contributed by atoms with van der Waals surface area (Å²) in [4.78, 5) is 19.0. The summed E-state index contributed by atoms with van der Waals surface area (Å²) < 4.78 is 8.41. The normalized spacial score (nSPS) is 16.2. The van der Waals surface area contributed by atoms with Crippen LogP contribution in [0.25, 0.3) is 0 Å². The molecule has 31 heavy (non-hydrogen) atoms. The van der Waals surface area contributed by atoms with Crippen molar-refractivity contribution in [3.8, 4) is 5.75 Å². The molecule has 1 amide bonds. The molecule has 0 radical (unpaired) electrons. The van der Waals surface area contributed by atoms with Gasteiger partial charge in [-0.2, -0.15) is 0 Å². The van der Waals surface area contributed by atoms with Crippen LogP contribution in [0.2, 0.25) is 0 Å². The number of nitrogens with zero attached hydrogens (tertiary/aromatic N) is 3. The van der Waals surface area contributed by atoms with E-state index in [0.717, 1.165) is 37.6 Å². The molecule has 0 saturated carbocycles. The van der Waals surface area contributed by atoms with Gasteiger partial charge in [-0.05, 0) is 11.6 Å². The van der Waals surface area contributed by atoms with E-state index in [1.54, 1.807) is 6.20 Å². The number of benzene rings is 2. The summed E-state index contributed by atoms with van der Waals surface area (Å²) in [6.45, 7) is 5.72. The van der Waals surface area contributed by atoms with E-state index >= 15 is 0 Å². The van der Waals surface area contributed by atoms with Gasteiger partial charge in [0.05, 0.1) is 0 Å². The molecule has 0 saturated heterocycles. The Morgan fingerprint density at radius 1 is 1.13 bits per heavy atom. The number of rotatable bonds is 8. The largest absolute Gasteiger partial charge is 0.484 e. The zero-order valence-electron chi connectivity index (χ0n) is 18.0. The molecular formula is C25H30N4O2. The number of carbonyl (C=O) groups excluding carboxylic acids is 1. The lowest BCUT2D eigenvalue weighted by atomic mass is 10.1. The van der Waals surface area contributed by atoms with Crippen LogP contribution < -0.4 is 10.1 Å². The smallest absolute Gasteiger partial charge is 0.221 e. The van der Waals surface area contributed by atoms with Crippen molar-refractivity contribution >= 4 is 5.91 Å². The average Bonchev–Trinajstić information content (AvgIpc) is 3.18. The van der Waals surface area contributed by atoms with Gasteiger partial charge in [-0.1, -0.05) is 55.5 Å². The van der Waals surface area contributed by atoms with Crippen molar-refractivity contribution in [2.24, 2.45) is 0 Å². The van der Waals surface area contributed by atoms with Crippen LogP contribution >= 0.6 is 0 Å². The van der Waals surface area contributed by atoms with Crippen LogP contribution in [-0.4, -0.2) is 40.0 Å². The summed E-state index contributed by atoms with van der Waals surface area (Å²) in [6.07, 6.45) is 5.02. The summed E-state index contributed by atoms with van der Waals surface area (Å²) in [5, 5.41) is 3.07.